The van der Waals surface area contributed by atoms with Crippen LogP contribution < -0.4 is 5.32 Å². The summed E-state index contributed by atoms with van der Waals surface area (Å²) in [6.45, 7) is 0.573. The number of carbonyl (C=O) groups is 2. The molecule has 18 heavy (non-hydrogen) atoms. The molecule has 0 radical (unpaired) electrons. The highest BCUT2D eigenvalue weighted by Gasteiger charge is 2.37. The average Bonchev–Trinajstić information content (AvgIpc) is 2.78. The lowest BCUT2D eigenvalue weighted by Gasteiger charge is -2.16. The summed E-state index contributed by atoms with van der Waals surface area (Å²) in [6.07, 6.45) is 1.78. The number of aliphatic hydroxyl groups excluding tert-OH is 1. The zero-order valence-electron chi connectivity index (χ0n) is 10.6. The van der Waals surface area contributed by atoms with Crippen LogP contribution in [0.5, 0.6) is 0 Å². The number of methoxy groups -OCH3 is 1. The van der Waals surface area contributed by atoms with Crippen molar-refractivity contribution in [2.24, 2.45) is 11.8 Å². The predicted octanol–water partition coefficient (Wildman–Crippen LogP) is 0.000900. The van der Waals surface area contributed by atoms with Gasteiger partial charge in [-0.15, -0.1) is 0 Å². The van der Waals surface area contributed by atoms with Crippen molar-refractivity contribution in [3.63, 3.8) is 0 Å². The molecule has 0 bridgehead atoms. The van der Waals surface area contributed by atoms with Gasteiger partial charge in [0.15, 0.2) is 0 Å². The second kappa shape index (κ2) is 7.33. The van der Waals surface area contributed by atoms with Gasteiger partial charge in [-0.2, -0.15) is 0 Å². The van der Waals surface area contributed by atoms with Crippen LogP contribution in [-0.2, 0) is 14.3 Å². The first-order valence-electron chi connectivity index (χ1n) is 6.23. The summed E-state index contributed by atoms with van der Waals surface area (Å²) in [6, 6.07) is 0. The minimum absolute atomic E-state index is 0.218. The quantitative estimate of drug-likeness (QED) is 0.598. The van der Waals surface area contributed by atoms with Crippen molar-refractivity contribution in [2.45, 2.75) is 31.8 Å². The Kier molecular flexibility index (Phi) is 6.07. The van der Waals surface area contributed by atoms with Gasteiger partial charge in [-0.25, -0.2) is 0 Å². The van der Waals surface area contributed by atoms with Crippen LogP contribution in [0.4, 0.5) is 0 Å². The minimum Gasteiger partial charge on any atom is -0.481 e. The van der Waals surface area contributed by atoms with E-state index in [4.69, 9.17) is 9.84 Å². The summed E-state index contributed by atoms with van der Waals surface area (Å²) in [5, 5.41) is 21.1. The Morgan fingerprint density at radius 1 is 1.39 bits per heavy atom. The van der Waals surface area contributed by atoms with Crippen LogP contribution >= 0.6 is 0 Å². The molecular weight excluding hydrogens is 238 g/mol. The van der Waals surface area contributed by atoms with Crippen molar-refractivity contribution in [1.82, 2.24) is 5.32 Å². The first-order valence-corrected chi connectivity index (χ1v) is 6.23. The van der Waals surface area contributed by atoms with Crippen molar-refractivity contribution < 1.29 is 24.5 Å². The van der Waals surface area contributed by atoms with E-state index in [0.29, 0.717) is 25.8 Å². The maximum atomic E-state index is 11.8. The number of carbonyl (C=O) groups excluding carboxylic acids is 1. The first kappa shape index (κ1) is 14.9. The molecule has 0 aromatic carbocycles. The van der Waals surface area contributed by atoms with E-state index < -0.39 is 23.9 Å². The lowest BCUT2D eigenvalue weighted by atomic mass is 9.95. The van der Waals surface area contributed by atoms with Gasteiger partial charge in [-0.05, 0) is 19.3 Å². The third kappa shape index (κ3) is 4.27. The molecule has 0 saturated heterocycles. The Labute approximate surface area is 106 Å². The molecule has 0 spiro atoms. The van der Waals surface area contributed by atoms with Gasteiger partial charge in [0, 0.05) is 13.7 Å². The van der Waals surface area contributed by atoms with Crippen molar-refractivity contribution in [2.75, 3.05) is 20.3 Å². The molecular formula is C12H21NO5. The third-order valence-electron chi connectivity index (χ3n) is 3.31. The summed E-state index contributed by atoms with van der Waals surface area (Å²) < 4.78 is 4.77. The summed E-state index contributed by atoms with van der Waals surface area (Å²) >= 11 is 0. The van der Waals surface area contributed by atoms with Crippen molar-refractivity contribution in [3.05, 3.63) is 0 Å². The predicted molar refractivity (Wildman–Crippen MR) is 64.0 cm³/mol. The Morgan fingerprint density at radius 3 is 2.67 bits per heavy atom. The van der Waals surface area contributed by atoms with Gasteiger partial charge in [0.05, 0.1) is 24.5 Å². The van der Waals surface area contributed by atoms with E-state index in [9.17, 15) is 14.7 Å². The van der Waals surface area contributed by atoms with Gasteiger partial charge in [-0.3, -0.25) is 9.59 Å². The second-order valence-electron chi connectivity index (χ2n) is 4.67. The SMILES string of the molecule is COCC(O)CCNC(=O)[C@@H]1CCC[C@@H]1C(=O)O. The lowest BCUT2D eigenvalue weighted by molar-refractivity contribution is -0.146. The molecule has 1 aliphatic rings. The Morgan fingerprint density at radius 2 is 2.06 bits per heavy atom. The molecule has 1 amide bonds. The zero-order valence-corrected chi connectivity index (χ0v) is 10.6. The third-order valence-corrected chi connectivity index (χ3v) is 3.31. The van der Waals surface area contributed by atoms with E-state index in [2.05, 4.69) is 5.32 Å². The molecule has 0 aromatic heterocycles. The maximum Gasteiger partial charge on any atom is 0.307 e. The topological polar surface area (TPSA) is 95.9 Å². The van der Waals surface area contributed by atoms with Crippen LogP contribution in [0.25, 0.3) is 0 Å². The highest BCUT2D eigenvalue weighted by atomic mass is 16.5. The molecule has 3 N–H and O–H groups in total. The Balaban J connectivity index is 2.30. The fourth-order valence-corrected chi connectivity index (χ4v) is 2.34. The standard InChI is InChI=1S/C12H21NO5/c1-18-7-8(14)5-6-13-11(15)9-3-2-4-10(9)12(16)17/h8-10,14H,2-7H2,1H3,(H,13,15)(H,16,17)/t8?,9-,10+/m1/s1. The number of carboxylic acids is 1. The van der Waals surface area contributed by atoms with Crippen molar-refractivity contribution >= 4 is 11.9 Å². The molecule has 1 fully saturated rings. The van der Waals surface area contributed by atoms with Crippen LogP contribution in [-0.4, -0.2) is 48.5 Å². The Bertz CT molecular complexity index is 294. The summed E-state index contributed by atoms with van der Waals surface area (Å²) in [5.41, 5.74) is 0. The molecule has 1 rings (SSSR count). The molecule has 3 atom stereocenters. The number of rotatable bonds is 7. The highest BCUT2D eigenvalue weighted by Crippen LogP contribution is 2.31. The molecule has 6 nitrogen and oxygen atoms in total. The number of carboxylic acid groups (broad SMARTS) is 1. The fourth-order valence-electron chi connectivity index (χ4n) is 2.34. The number of hydrogen-bond acceptors (Lipinski definition) is 4. The van der Waals surface area contributed by atoms with Gasteiger partial charge >= 0.3 is 5.97 Å². The molecule has 1 saturated carbocycles. The number of aliphatic hydroxyl groups is 1. The zero-order chi connectivity index (χ0) is 13.5. The van der Waals surface area contributed by atoms with Gasteiger partial charge in [0.1, 0.15) is 0 Å². The molecule has 1 unspecified atom stereocenters. The van der Waals surface area contributed by atoms with Crippen LogP contribution in [0, 0.1) is 11.8 Å². The van der Waals surface area contributed by atoms with Gasteiger partial charge < -0.3 is 20.3 Å². The van der Waals surface area contributed by atoms with E-state index >= 15 is 0 Å². The summed E-state index contributed by atoms with van der Waals surface area (Å²) in [4.78, 5) is 22.8. The summed E-state index contributed by atoms with van der Waals surface area (Å²) in [5.74, 6) is -2.10. The molecule has 0 heterocycles. The largest absolute Gasteiger partial charge is 0.481 e. The van der Waals surface area contributed by atoms with Crippen LogP contribution in [0.1, 0.15) is 25.7 Å². The van der Waals surface area contributed by atoms with Gasteiger partial charge in [0.25, 0.3) is 0 Å². The molecule has 0 aliphatic heterocycles. The smallest absolute Gasteiger partial charge is 0.307 e. The van der Waals surface area contributed by atoms with E-state index in [1.165, 1.54) is 7.11 Å². The number of aliphatic carboxylic acids is 1. The first-order chi connectivity index (χ1) is 8.56. The normalized spacial score (nSPS) is 24.8. The number of ether oxygens (including phenoxy) is 1. The number of hydrogen-bond donors (Lipinski definition) is 3. The monoisotopic (exact) mass is 259 g/mol. The van der Waals surface area contributed by atoms with Crippen LogP contribution in [0.2, 0.25) is 0 Å². The van der Waals surface area contributed by atoms with Crippen molar-refractivity contribution in [3.8, 4) is 0 Å². The summed E-state index contributed by atoms with van der Waals surface area (Å²) in [7, 11) is 1.50. The van der Waals surface area contributed by atoms with Crippen molar-refractivity contribution in [1.29, 1.82) is 0 Å². The van der Waals surface area contributed by atoms with E-state index in [1.54, 1.807) is 0 Å². The Hall–Kier alpha value is -1.14. The minimum atomic E-state index is -0.896. The van der Waals surface area contributed by atoms with Crippen LogP contribution in [0.3, 0.4) is 0 Å². The fraction of sp³-hybridized carbons (Fsp3) is 0.833. The molecule has 6 heteroatoms. The number of nitrogens with one attached hydrogen (secondary N) is 1. The number of amides is 1. The lowest BCUT2D eigenvalue weighted by Crippen LogP contribution is -2.36. The molecule has 104 valence electrons. The van der Waals surface area contributed by atoms with E-state index in [0.717, 1.165) is 6.42 Å². The average molecular weight is 259 g/mol. The van der Waals surface area contributed by atoms with E-state index in [1.807, 2.05) is 0 Å². The molecule has 0 aromatic rings. The second-order valence-corrected chi connectivity index (χ2v) is 4.67. The highest BCUT2D eigenvalue weighted by molar-refractivity contribution is 5.85. The van der Waals surface area contributed by atoms with E-state index in [-0.39, 0.29) is 12.5 Å². The van der Waals surface area contributed by atoms with Crippen LogP contribution in [0.15, 0.2) is 0 Å². The maximum absolute atomic E-state index is 11.8. The molecule has 1 aliphatic carbocycles. The van der Waals surface area contributed by atoms with Gasteiger partial charge in [-0.1, -0.05) is 6.42 Å². The van der Waals surface area contributed by atoms with Gasteiger partial charge in [0.2, 0.25) is 5.91 Å².